The average Bonchev–Trinajstić information content (AvgIpc) is 2.26. The fraction of sp³-hybridized carbons (Fsp3) is 0.846. The van der Waals surface area contributed by atoms with Crippen molar-refractivity contribution in [3.8, 4) is 0 Å². The van der Waals surface area contributed by atoms with Crippen molar-refractivity contribution < 1.29 is 9.59 Å². The molecular formula is C13H24O2. The number of hydrogen-bond acceptors (Lipinski definition) is 2. The van der Waals surface area contributed by atoms with Gasteiger partial charge < -0.3 is 0 Å². The molecule has 88 valence electrons. The Bertz CT molecular complexity index is 197. The van der Waals surface area contributed by atoms with Crippen molar-refractivity contribution in [1.29, 1.82) is 0 Å². The van der Waals surface area contributed by atoms with Crippen molar-refractivity contribution in [2.75, 3.05) is 0 Å². The van der Waals surface area contributed by atoms with E-state index < -0.39 is 0 Å². The predicted molar refractivity (Wildman–Crippen MR) is 62.8 cm³/mol. The van der Waals surface area contributed by atoms with E-state index in [1.165, 1.54) is 19.3 Å². The molecule has 0 saturated carbocycles. The van der Waals surface area contributed by atoms with Gasteiger partial charge in [-0.1, -0.05) is 39.5 Å². The zero-order valence-corrected chi connectivity index (χ0v) is 10.3. The van der Waals surface area contributed by atoms with Gasteiger partial charge in [0.2, 0.25) is 0 Å². The molecule has 0 aliphatic heterocycles. The third-order valence-electron chi connectivity index (χ3n) is 2.84. The monoisotopic (exact) mass is 212 g/mol. The van der Waals surface area contributed by atoms with E-state index in [0.29, 0.717) is 12.8 Å². The van der Waals surface area contributed by atoms with Gasteiger partial charge in [-0.05, 0) is 13.3 Å². The van der Waals surface area contributed by atoms with Crippen molar-refractivity contribution in [2.24, 2.45) is 5.92 Å². The minimum absolute atomic E-state index is 0.0774. The van der Waals surface area contributed by atoms with Crippen LogP contribution in [0.5, 0.6) is 0 Å². The van der Waals surface area contributed by atoms with Crippen LogP contribution in [0.3, 0.4) is 0 Å². The van der Waals surface area contributed by atoms with E-state index in [0.717, 1.165) is 12.8 Å². The maximum atomic E-state index is 11.6. The SMILES string of the molecule is CCCCCCCC(=O)C(C)C(=O)CC. The Kier molecular flexibility index (Phi) is 8.25. The first kappa shape index (κ1) is 14.3. The van der Waals surface area contributed by atoms with E-state index in [-0.39, 0.29) is 17.5 Å². The largest absolute Gasteiger partial charge is 0.299 e. The maximum absolute atomic E-state index is 11.6. The van der Waals surface area contributed by atoms with Gasteiger partial charge in [0.1, 0.15) is 11.6 Å². The van der Waals surface area contributed by atoms with Crippen molar-refractivity contribution >= 4 is 11.6 Å². The highest BCUT2D eigenvalue weighted by molar-refractivity contribution is 6.01. The van der Waals surface area contributed by atoms with Crippen molar-refractivity contribution in [2.45, 2.75) is 65.7 Å². The zero-order valence-electron chi connectivity index (χ0n) is 10.3. The fourth-order valence-corrected chi connectivity index (χ4v) is 1.61. The molecule has 0 heterocycles. The standard InChI is InChI=1S/C13H24O2/c1-4-6-7-8-9-10-13(15)11(3)12(14)5-2/h11H,4-10H2,1-3H3. The summed E-state index contributed by atoms with van der Waals surface area (Å²) in [7, 11) is 0. The topological polar surface area (TPSA) is 34.1 Å². The smallest absolute Gasteiger partial charge is 0.143 e. The van der Waals surface area contributed by atoms with E-state index >= 15 is 0 Å². The summed E-state index contributed by atoms with van der Waals surface area (Å²) in [4.78, 5) is 22.8. The first-order valence-electron chi connectivity index (χ1n) is 6.18. The van der Waals surface area contributed by atoms with E-state index in [9.17, 15) is 9.59 Å². The van der Waals surface area contributed by atoms with Crippen LogP contribution >= 0.6 is 0 Å². The number of carbonyl (C=O) groups excluding carboxylic acids is 2. The first-order chi connectivity index (χ1) is 7.13. The molecule has 0 bridgehead atoms. The van der Waals surface area contributed by atoms with Crippen LogP contribution in [0.15, 0.2) is 0 Å². The first-order valence-corrected chi connectivity index (χ1v) is 6.18. The van der Waals surface area contributed by atoms with Gasteiger partial charge in [0.15, 0.2) is 0 Å². The summed E-state index contributed by atoms with van der Waals surface area (Å²) in [5.74, 6) is -0.173. The molecule has 0 radical (unpaired) electrons. The molecule has 0 amide bonds. The Labute approximate surface area is 93.4 Å². The third kappa shape index (κ3) is 6.43. The molecule has 1 atom stereocenters. The van der Waals surface area contributed by atoms with Crippen LogP contribution in [0.4, 0.5) is 0 Å². The van der Waals surface area contributed by atoms with Gasteiger partial charge in [0.25, 0.3) is 0 Å². The Balaban J connectivity index is 3.60. The quantitative estimate of drug-likeness (QED) is 0.433. The van der Waals surface area contributed by atoms with Crippen LogP contribution in [0.25, 0.3) is 0 Å². The molecule has 0 aromatic heterocycles. The highest BCUT2D eigenvalue weighted by atomic mass is 16.1. The summed E-state index contributed by atoms with van der Waals surface area (Å²) in [6.07, 6.45) is 6.79. The summed E-state index contributed by atoms with van der Waals surface area (Å²) in [5, 5.41) is 0. The Morgan fingerprint density at radius 1 is 0.933 bits per heavy atom. The molecule has 2 nitrogen and oxygen atoms in total. The van der Waals surface area contributed by atoms with Crippen LogP contribution in [0.2, 0.25) is 0 Å². The van der Waals surface area contributed by atoms with E-state index in [1.807, 2.05) is 6.92 Å². The number of hydrogen-bond donors (Lipinski definition) is 0. The number of unbranched alkanes of at least 4 members (excludes halogenated alkanes) is 4. The van der Waals surface area contributed by atoms with Crippen molar-refractivity contribution in [3.63, 3.8) is 0 Å². The summed E-state index contributed by atoms with van der Waals surface area (Å²) in [6, 6.07) is 0. The fourth-order valence-electron chi connectivity index (χ4n) is 1.61. The van der Waals surface area contributed by atoms with Gasteiger partial charge in [-0.25, -0.2) is 0 Å². The van der Waals surface area contributed by atoms with E-state index in [1.54, 1.807) is 6.92 Å². The lowest BCUT2D eigenvalue weighted by molar-refractivity contribution is -0.131. The molecule has 0 aliphatic carbocycles. The van der Waals surface area contributed by atoms with Gasteiger partial charge in [-0.3, -0.25) is 9.59 Å². The molecular weight excluding hydrogens is 188 g/mol. The van der Waals surface area contributed by atoms with Gasteiger partial charge in [0.05, 0.1) is 5.92 Å². The highest BCUT2D eigenvalue weighted by Crippen LogP contribution is 2.10. The number of Topliss-reactive ketones (excluding diaryl/α,β-unsaturated/α-hetero) is 2. The second kappa shape index (κ2) is 8.63. The molecule has 0 saturated heterocycles. The van der Waals surface area contributed by atoms with Crippen LogP contribution in [0, 0.1) is 5.92 Å². The van der Waals surface area contributed by atoms with E-state index in [2.05, 4.69) is 6.92 Å². The molecule has 0 aromatic rings. The normalized spacial score (nSPS) is 12.5. The van der Waals surface area contributed by atoms with Gasteiger partial charge in [-0.2, -0.15) is 0 Å². The highest BCUT2D eigenvalue weighted by Gasteiger charge is 2.18. The van der Waals surface area contributed by atoms with Crippen LogP contribution in [-0.2, 0) is 9.59 Å². The summed E-state index contributed by atoms with van der Waals surface area (Å²) < 4.78 is 0. The van der Waals surface area contributed by atoms with Crippen molar-refractivity contribution in [3.05, 3.63) is 0 Å². The molecule has 1 unspecified atom stereocenters. The molecule has 0 rings (SSSR count). The van der Waals surface area contributed by atoms with Crippen molar-refractivity contribution in [1.82, 2.24) is 0 Å². The lowest BCUT2D eigenvalue weighted by Gasteiger charge is -2.07. The van der Waals surface area contributed by atoms with Gasteiger partial charge in [-0.15, -0.1) is 0 Å². The zero-order chi connectivity index (χ0) is 11.7. The van der Waals surface area contributed by atoms with Crippen LogP contribution in [0.1, 0.15) is 65.7 Å². The molecule has 2 heteroatoms. The molecule has 0 N–H and O–H groups in total. The lowest BCUT2D eigenvalue weighted by Crippen LogP contribution is -2.20. The summed E-state index contributed by atoms with van der Waals surface area (Å²) >= 11 is 0. The molecule has 0 aliphatic rings. The van der Waals surface area contributed by atoms with E-state index in [4.69, 9.17) is 0 Å². The number of rotatable bonds is 9. The third-order valence-corrected chi connectivity index (χ3v) is 2.84. The molecule has 0 fully saturated rings. The Hall–Kier alpha value is -0.660. The second-order valence-corrected chi connectivity index (χ2v) is 4.17. The lowest BCUT2D eigenvalue weighted by atomic mass is 9.95. The molecule has 15 heavy (non-hydrogen) atoms. The average molecular weight is 212 g/mol. The Morgan fingerprint density at radius 3 is 2.07 bits per heavy atom. The minimum Gasteiger partial charge on any atom is -0.299 e. The van der Waals surface area contributed by atoms with Gasteiger partial charge >= 0.3 is 0 Å². The molecule has 0 spiro atoms. The number of carbonyl (C=O) groups is 2. The Morgan fingerprint density at radius 2 is 1.53 bits per heavy atom. The number of ketones is 2. The predicted octanol–water partition coefficient (Wildman–Crippen LogP) is 3.53. The minimum atomic E-state index is -0.374. The second-order valence-electron chi connectivity index (χ2n) is 4.17. The van der Waals surface area contributed by atoms with Crippen LogP contribution < -0.4 is 0 Å². The summed E-state index contributed by atoms with van der Waals surface area (Å²) in [6.45, 7) is 5.72. The molecule has 0 aromatic carbocycles. The summed E-state index contributed by atoms with van der Waals surface area (Å²) in [5.41, 5.74) is 0. The van der Waals surface area contributed by atoms with Gasteiger partial charge in [0, 0.05) is 12.8 Å². The maximum Gasteiger partial charge on any atom is 0.143 e. The van der Waals surface area contributed by atoms with Crippen LogP contribution in [-0.4, -0.2) is 11.6 Å².